The summed E-state index contributed by atoms with van der Waals surface area (Å²) >= 11 is 0. The summed E-state index contributed by atoms with van der Waals surface area (Å²) in [5.41, 5.74) is 11.1. The molecule has 0 aliphatic carbocycles. The molecule has 13 nitrogen and oxygen atoms in total. The maximum Gasteiger partial charge on any atom is 0.326 e. The molecule has 0 aromatic carbocycles. The van der Waals surface area contributed by atoms with Crippen molar-refractivity contribution in [2.24, 2.45) is 17.4 Å². The second-order valence-electron chi connectivity index (χ2n) is 7.50. The van der Waals surface area contributed by atoms with Gasteiger partial charge in [-0.15, -0.1) is 0 Å². The van der Waals surface area contributed by atoms with Crippen molar-refractivity contribution in [3.05, 3.63) is 0 Å². The van der Waals surface area contributed by atoms with Crippen LogP contribution in [0.2, 0.25) is 0 Å². The molecule has 184 valence electrons. The highest BCUT2D eigenvalue weighted by molar-refractivity contribution is 5.95. The molecule has 0 aliphatic rings. The summed E-state index contributed by atoms with van der Waals surface area (Å²) in [5.74, 6) is -5.94. The third kappa shape index (κ3) is 10.5. The molecule has 0 aromatic heterocycles. The second-order valence-corrected chi connectivity index (χ2v) is 7.50. The molecule has 0 heterocycles. The SMILES string of the molecule is CCC(C)C(NC(=O)C(CC(=O)O)NC(=O)C(CO)NC(=O)C(N)CCCCN)C(=O)O. The number of nitrogens with two attached hydrogens (primary N) is 2. The van der Waals surface area contributed by atoms with Crippen molar-refractivity contribution in [3.8, 4) is 0 Å². The summed E-state index contributed by atoms with van der Waals surface area (Å²) in [6.45, 7) is 2.92. The van der Waals surface area contributed by atoms with Gasteiger partial charge in [0.2, 0.25) is 17.7 Å². The summed E-state index contributed by atoms with van der Waals surface area (Å²) in [6, 6.07) is -5.36. The van der Waals surface area contributed by atoms with Crippen molar-refractivity contribution in [1.82, 2.24) is 16.0 Å². The van der Waals surface area contributed by atoms with Crippen molar-refractivity contribution >= 4 is 29.7 Å². The minimum Gasteiger partial charge on any atom is -0.481 e. The third-order valence-electron chi connectivity index (χ3n) is 4.91. The summed E-state index contributed by atoms with van der Waals surface area (Å²) in [4.78, 5) is 59.7. The molecule has 0 spiro atoms. The van der Waals surface area contributed by atoms with Crippen molar-refractivity contribution in [2.45, 2.75) is 70.1 Å². The number of aliphatic hydroxyl groups is 1. The number of unbranched alkanes of at least 4 members (excludes halogenated alkanes) is 1. The van der Waals surface area contributed by atoms with Gasteiger partial charge >= 0.3 is 11.9 Å². The number of amides is 3. The number of carbonyl (C=O) groups excluding carboxylic acids is 3. The standard InChI is InChI=1S/C19H35N5O8/c1-3-10(2)15(19(31)32)24-17(29)12(8-14(26)27)22-18(30)13(9-25)23-16(28)11(21)6-4-5-7-20/h10-13,15,25H,3-9,20-21H2,1-2H3,(H,22,30)(H,23,28)(H,24,29)(H,26,27)(H,31,32). The summed E-state index contributed by atoms with van der Waals surface area (Å²) in [5, 5.41) is 34.5. The normalized spacial score (nSPS) is 15.5. The van der Waals surface area contributed by atoms with Crippen LogP contribution < -0.4 is 27.4 Å². The maximum absolute atomic E-state index is 12.5. The number of carboxylic acid groups (broad SMARTS) is 2. The molecule has 0 saturated heterocycles. The van der Waals surface area contributed by atoms with E-state index in [9.17, 15) is 34.2 Å². The van der Waals surface area contributed by atoms with Gasteiger partial charge in [0.15, 0.2) is 0 Å². The number of hydrogen-bond acceptors (Lipinski definition) is 8. The fourth-order valence-corrected chi connectivity index (χ4v) is 2.71. The number of nitrogens with one attached hydrogen (secondary N) is 3. The molecule has 0 fully saturated rings. The fourth-order valence-electron chi connectivity index (χ4n) is 2.71. The van der Waals surface area contributed by atoms with Crippen LogP contribution in [0.15, 0.2) is 0 Å². The van der Waals surface area contributed by atoms with Gasteiger partial charge in [-0.3, -0.25) is 19.2 Å². The number of hydrogen-bond donors (Lipinski definition) is 8. The zero-order chi connectivity index (χ0) is 24.8. The molecule has 10 N–H and O–H groups in total. The maximum atomic E-state index is 12.5. The highest BCUT2D eigenvalue weighted by Gasteiger charge is 2.32. The molecule has 0 radical (unpaired) electrons. The van der Waals surface area contributed by atoms with Gasteiger partial charge in [0, 0.05) is 0 Å². The molecule has 13 heteroatoms. The van der Waals surface area contributed by atoms with E-state index in [1.54, 1.807) is 13.8 Å². The lowest BCUT2D eigenvalue weighted by molar-refractivity contribution is -0.144. The van der Waals surface area contributed by atoms with Crippen molar-refractivity contribution in [3.63, 3.8) is 0 Å². The lowest BCUT2D eigenvalue weighted by Crippen LogP contribution is -2.58. The van der Waals surface area contributed by atoms with Crippen LogP contribution in [-0.4, -0.2) is 82.3 Å². The Balaban J connectivity index is 5.23. The van der Waals surface area contributed by atoms with Crippen molar-refractivity contribution in [2.75, 3.05) is 13.2 Å². The monoisotopic (exact) mass is 461 g/mol. The summed E-state index contributed by atoms with van der Waals surface area (Å²) in [7, 11) is 0. The van der Waals surface area contributed by atoms with Crippen LogP contribution in [0.25, 0.3) is 0 Å². The first-order chi connectivity index (χ1) is 15.0. The highest BCUT2D eigenvalue weighted by atomic mass is 16.4. The molecule has 0 rings (SSSR count). The molecule has 0 bridgehead atoms. The van der Waals surface area contributed by atoms with E-state index in [4.69, 9.17) is 16.6 Å². The molecular formula is C19H35N5O8. The van der Waals surface area contributed by atoms with Gasteiger partial charge in [0.05, 0.1) is 19.1 Å². The lowest BCUT2D eigenvalue weighted by Gasteiger charge is -2.25. The van der Waals surface area contributed by atoms with Crippen LogP contribution in [0, 0.1) is 5.92 Å². The van der Waals surface area contributed by atoms with E-state index in [0.29, 0.717) is 32.2 Å². The Kier molecular flexibility index (Phi) is 13.8. The number of carbonyl (C=O) groups is 5. The number of carboxylic acids is 2. The Hall–Kier alpha value is -2.77. The molecule has 3 amide bonds. The second kappa shape index (κ2) is 15.1. The van der Waals surface area contributed by atoms with Gasteiger partial charge in [0.25, 0.3) is 0 Å². The Morgan fingerprint density at radius 1 is 0.906 bits per heavy atom. The largest absolute Gasteiger partial charge is 0.481 e. The minimum absolute atomic E-state index is 0.305. The predicted molar refractivity (Wildman–Crippen MR) is 113 cm³/mol. The first-order valence-electron chi connectivity index (χ1n) is 10.4. The molecule has 5 unspecified atom stereocenters. The molecule has 0 aromatic rings. The summed E-state index contributed by atoms with van der Waals surface area (Å²) in [6.07, 6.45) is 1.14. The quantitative estimate of drug-likeness (QED) is 0.112. The van der Waals surface area contributed by atoms with E-state index in [-0.39, 0.29) is 0 Å². The Labute approximate surface area is 186 Å². The van der Waals surface area contributed by atoms with Crippen LogP contribution in [0.1, 0.15) is 46.0 Å². The first kappa shape index (κ1) is 29.2. The highest BCUT2D eigenvalue weighted by Crippen LogP contribution is 2.09. The first-order valence-corrected chi connectivity index (χ1v) is 10.4. The van der Waals surface area contributed by atoms with E-state index in [1.807, 2.05) is 0 Å². The Morgan fingerprint density at radius 3 is 1.94 bits per heavy atom. The van der Waals surface area contributed by atoms with Gasteiger partial charge < -0.3 is 42.7 Å². The van der Waals surface area contributed by atoms with Crippen LogP contribution >= 0.6 is 0 Å². The number of aliphatic hydroxyl groups excluding tert-OH is 1. The molecule has 0 saturated carbocycles. The molecule has 0 aliphatic heterocycles. The van der Waals surface area contributed by atoms with Crippen LogP contribution in [-0.2, 0) is 24.0 Å². The fraction of sp³-hybridized carbons (Fsp3) is 0.737. The van der Waals surface area contributed by atoms with Crippen LogP contribution in [0.4, 0.5) is 0 Å². The minimum atomic E-state index is -1.63. The number of aliphatic carboxylic acids is 2. The van der Waals surface area contributed by atoms with Gasteiger partial charge in [0.1, 0.15) is 18.1 Å². The Bertz CT molecular complexity index is 660. The average Bonchev–Trinajstić information content (AvgIpc) is 2.73. The smallest absolute Gasteiger partial charge is 0.326 e. The van der Waals surface area contributed by atoms with E-state index in [2.05, 4.69) is 16.0 Å². The van der Waals surface area contributed by atoms with E-state index in [0.717, 1.165) is 0 Å². The molecule has 32 heavy (non-hydrogen) atoms. The summed E-state index contributed by atoms with van der Waals surface area (Å²) < 4.78 is 0. The topological polar surface area (TPSA) is 234 Å². The van der Waals surface area contributed by atoms with Crippen LogP contribution in [0.5, 0.6) is 0 Å². The Morgan fingerprint density at radius 2 is 1.47 bits per heavy atom. The third-order valence-corrected chi connectivity index (χ3v) is 4.91. The molecular weight excluding hydrogens is 426 g/mol. The average molecular weight is 462 g/mol. The molecule has 5 atom stereocenters. The zero-order valence-corrected chi connectivity index (χ0v) is 18.4. The zero-order valence-electron chi connectivity index (χ0n) is 18.4. The van der Waals surface area contributed by atoms with Crippen LogP contribution in [0.3, 0.4) is 0 Å². The van der Waals surface area contributed by atoms with Gasteiger partial charge in [-0.25, -0.2) is 4.79 Å². The van der Waals surface area contributed by atoms with E-state index >= 15 is 0 Å². The van der Waals surface area contributed by atoms with Gasteiger partial charge in [-0.05, 0) is 25.3 Å². The lowest BCUT2D eigenvalue weighted by atomic mass is 9.98. The van der Waals surface area contributed by atoms with Gasteiger partial charge in [-0.2, -0.15) is 0 Å². The van der Waals surface area contributed by atoms with E-state index in [1.165, 1.54) is 0 Å². The van der Waals surface area contributed by atoms with Crippen molar-refractivity contribution < 1.29 is 39.3 Å². The number of rotatable bonds is 16. The van der Waals surface area contributed by atoms with Gasteiger partial charge in [-0.1, -0.05) is 26.7 Å². The van der Waals surface area contributed by atoms with E-state index < -0.39 is 72.8 Å². The predicted octanol–water partition coefficient (Wildman–Crippen LogP) is -2.51. The van der Waals surface area contributed by atoms with Crippen molar-refractivity contribution in [1.29, 1.82) is 0 Å².